The van der Waals surface area contributed by atoms with E-state index in [2.05, 4.69) is 4.74 Å². The summed E-state index contributed by atoms with van der Waals surface area (Å²) < 4.78 is 75.9. The highest BCUT2D eigenvalue weighted by atomic mass is 19.4. The number of H-pyrrole nitrogens is 1. The Kier molecular flexibility index (Phi) is 3.50. The summed E-state index contributed by atoms with van der Waals surface area (Å²) in [6.45, 7) is 0. The van der Waals surface area contributed by atoms with Gasteiger partial charge >= 0.3 is 18.5 Å². The Bertz CT molecular complexity index is 558. The van der Waals surface area contributed by atoms with Gasteiger partial charge in [-0.2, -0.15) is 13.2 Å². The molecule has 1 aromatic rings. The molecule has 0 fully saturated rings. The molecule has 1 rings (SSSR count). The number of hydrogen-bond acceptors (Lipinski definition) is 3. The van der Waals surface area contributed by atoms with Gasteiger partial charge in [0.2, 0.25) is 5.88 Å². The predicted octanol–water partition coefficient (Wildman–Crippen LogP) is 1.99. The van der Waals surface area contributed by atoms with E-state index in [1.165, 1.54) is 0 Å². The van der Waals surface area contributed by atoms with Crippen LogP contribution in [0.25, 0.3) is 0 Å². The number of nitrogens with one attached hydrogen (secondary N) is 1. The maximum absolute atomic E-state index is 12.4. The van der Waals surface area contributed by atoms with Gasteiger partial charge in [-0.25, -0.2) is 4.79 Å². The van der Waals surface area contributed by atoms with Gasteiger partial charge in [0.15, 0.2) is 0 Å². The molecule has 106 valence electrons. The van der Waals surface area contributed by atoms with Crippen LogP contribution in [-0.4, -0.2) is 22.4 Å². The molecule has 0 spiro atoms. The van der Waals surface area contributed by atoms with Crippen LogP contribution in [0.5, 0.6) is 5.88 Å². The highest BCUT2D eigenvalue weighted by molar-refractivity contribution is 5.87. The van der Waals surface area contributed by atoms with Crippen molar-refractivity contribution in [1.29, 1.82) is 0 Å². The van der Waals surface area contributed by atoms with E-state index in [4.69, 9.17) is 5.11 Å². The Balaban J connectivity index is 3.50. The first-order chi connectivity index (χ1) is 8.42. The number of hydrogen-bond donors (Lipinski definition) is 2. The van der Waals surface area contributed by atoms with Crippen LogP contribution in [-0.2, 0) is 6.18 Å². The fourth-order valence-corrected chi connectivity index (χ4v) is 1.08. The Hall–Kier alpha value is -2.20. The lowest BCUT2D eigenvalue weighted by Crippen LogP contribution is -2.26. The molecule has 0 radical (unpaired) electrons. The SMILES string of the molecule is O=C(O)c1cc(C(F)(F)F)c(OC(F)(F)F)[nH]c1=O. The van der Waals surface area contributed by atoms with E-state index in [0.29, 0.717) is 0 Å². The van der Waals surface area contributed by atoms with Crippen LogP contribution in [0.1, 0.15) is 15.9 Å². The van der Waals surface area contributed by atoms with E-state index in [1.54, 1.807) is 0 Å². The van der Waals surface area contributed by atoms with Crippen LogP contribution >= 0.6 is 0 Å². The molecule has 0 bridgehead atoms. The molecule has 2 N–H and O–H groups in total. The van der Waals surface area contributed by atoms with Crippen molar-refractivity contribution in [3.63, 3.8) is 0 Å². The van der Waals surface area contributed by atoms with E-state index in [-0.39, 0.29) is 6.07 Å². The number of aromatic amines is 1. The summed E-state index contributed by atoms with van der Waals surface area (Å²) in [4.78, 5) is 22.5. The second-order valence-electron chi connectivity index (χ2n) is 3.11. The lowest BCUT2D eigenvalue weighted by Gasteiger charge is -2.14. The first-order valence-corrected chi connectivity index (χ1v) is 4.25. The van der Waals surface area contributed by atoms with Crippen molar-refractivity contribution in [1.82, 2.24) is 4.98 Å². The van der Waals surface area contributed by atoms with Crippen molar-refractivity contribution in [3.05, 3.63) is 27.5 Å². The topological polar surface area (TPSA) is 79.4 Å². The van der Waals surface area contributed by atoms with Crippen LogP contribution in [0.3, 0.4) is 0 Å². The van der Waals surface area contributed by atoms with Crippen molar-refractivity contribution in [2.45, 2.75) is 12.5 Å². The summed E-state index contributed by atoms with van der Waals surface area (Å²) in [5.41, 5.74) is -5.07. The van der Waals surface area contributed by atoms with Crippen LogP contribution in [0.15, 0.2) is 10.9 Å². The number of carbonyl (C=O) groups is 1. The number of aromatic nitrogens is 1. The van der Waals surface area contributed by atoms with Gasteiger partial charge in [-0.05, 0) is 6.07 Å². The lowest BCUT2D eigenvalue weighted by molar-refractivity contribution is -0.278. The van der Waals surface area contributed by atoms with E-state index in [1.807, 2.05) is 0 Å². The zero-order chi connectivity index (χ0) is 15.0. The minimum atomic E-state index is -5.48. The van der Waals surface area contributed by atoms with Gasteiger partial charge in [0.1, 0.15) is 11.1 Å². The number of alkyl halides is 6. The van der Waals surface area contributed by atoms with Gasteiger partial charge in [-0.15, -0.1) is 13.2 Å². The van der Waals surface area contributed by atoms with Crippen LogP contribution in [0, 0.1) is 0 Å². The normalized spacial score (nSPS) is 12.3. The average molecular weight is 291 g/mol. The van der Waals surface area contributed by atoms with Crippen LogP contribution < -0.4 is 10.3 Å². The molecule has 0 aromatic carbocycles. The van der Waals surface area contributed by atoms with Crippen molar-refractivity contribution >= 4 is 5.97 Å². The molecule has 1 aromatic heterocycles. The molecule has 19 heavy (non-hydrogen) atoms. The predicted molar refractivity (Wildman–Crippen MR) is 45.7 cm³/mol. The quantitative estimate of drug-likeness (QED) is 0.817. The van der Waals surface area contributed by atoms with Gasteiger partial charge in [0.05, 0.1) is 0 Å². The van der Waals surface area contributed by atoms with Crippen LogP contribution in [0.4, 0.5) is 26.3 Å². The molecule has 0 aliphatic carbocycles. The fourth-order valence-electron chi connectivity index (χ4n) is 1.08. The zero-order valence-electron chi connectivity index (χ0n) is 8.52. The largest absolute Gasteiger partial charge is 0.574 e. The highest BCUT2D eigenvalue weighted by Gasteiger charge is 2.41. The third-order valence-electron chi connectivity index (χ3n) is 1.76. The molecule has 5 nitrogen and oxygen atoms in total. The highest BCUT2D eigenvalue weighted by Crippen LogP contribution is 2.36. The summed E-state index contributed by atoms with van der Waals surface area (Å²) >= 11 is 0. The van der Waals surface area contributed by atoms with Gasteiger partial charge < -0.3 is 9.84 Å². The summed E-state index contributed by atoms with van der Waals surface area (Å²) in [5, 5.41) is 8.43. The maximum Gasteiger partial charge on any atom is 0.574 e. The minimum absolute atomic E-state index is 0.234. The van der Waals surface area contributed by atoms with Crippen molar-refractivity contribution in [2.75, 3.05) is 0 Å². The molecule has 1 heterocycles. The molecule has 0 aliphatic heterocycles. The van der Waals surface area contributed by atoms with Gasteiger partial charge in [-0.3, -0.25) is 9.78 Å². The Labute approximate surface area is 99.0 Å². The van der Waals surface area contributed by atoms with E-state index < -0.39 is 41.1 Å². The number of pyridine rings is 1. The summed E-state index contributed by atoms with van der Waals surface area (Å²) in [7, 11) is 0. The lowest BCUT2D eigenvalue weighted by atomic mass is 10.2. The second-order valence-corrected chi connectivity index (χ2v) is 3.11. The average Bonchev–Trinajstić information content (AvgIpc) is 2.11. The third kappa shape index (κ3) is 3.63. The van der Waals surface area contributed by atoms with E-state index in [9.17, 15) is 35.9 Å². The number of rotatable bonds is 2. The van der Waals surface area contributed by atoms with Gasteiger partial charge in [-0.1, -0.05) is 0 Å². The summed E-state index contributed by atoms with van der Waals surface area (Å²) in [5.74, 6) is -3.94. The first kappa shape index (κ1) is 14.9. The van der Waals surface area contributed by atoms with Crippen molar-refractivity contribution in [2.24, 2.45) is 0 Å². The van der Waals surface area contributed by atoms with Crippen molar-refractivity contribution < 1.29 is 41.0 Å². The Morgan fingerprint density at radius 3 is 2.11 bits per heavy atom. The number of carboxylic acids is 1. The standard InChI is InChI=1S/C8H3F6NO4/c9-7(10,11)3-1-2(6(17)18)4(16)15-5(3)19-8(12,13)14/h1H,(H,15,16)(H,17,18). The fraction of sp³-hybridized carbons (Fsp3) is 0.250. The van der Waals surface area contributed by atoms with E-state index >= 15 is 0 Å². The number of ether oxygens (including phenoxy) is 1. The number of halogens is 6. The molecule has 0 saturated carbocycles. The van der Waals surface area contributed by atoms with Gasteiger partial charge in [0.25, 0.3) is 5.56 Å². The number of carboxylic acid groups (broad SMARTS) is 1. The molecule has 0 saturated heterocycles. The third-order valence-corrected chi connectivity index (χ3v) is 1.76. The Morgan fingerprint density at radius 2 is 1.74 bits per heavy atom. The molecule has 0 aliphatic rings. The minimum Gasteiger partial charge on any atom is -0.477 e. The Morgan fingerprint density at radius 1 is 1.21 bits per heavy atom. The molecule has 0 unspecified atom stereocenters. The van der Waals surface area contributed by atoms with E-state index in [0.717, 1.165) is 4.98 Å². The summed E-state index contributed by atoms with van der Waals surface area (Å²) in [6.07, 6.45) is -10.8. The first-order valence-electron chi connectivity index (χ1n) is 4.25. The molecular weight excluding hydrogens is 288 g/mol. The molecule has 11 heteroatoms. The van der Waals surface area contributed by atoms with Gasteiger partial charge in [0, 0.05) is 0 Å². The van der Waals surface area contributed by atoms with Crippen LogP contribution in [0.2, 0.25) is 0 Å². The zero-order valence-corrected chi connectivity index (χ0v) is 8.52. The smallest absolute Gasteiger partial charge is 0.477 e. The summed E-state index contributed by atoms with van der Waals surface area (Å²) in [6, 6.07) is -0.234. The second kappa shape index (κ2) is 4.48. The molecular formula is C8H3F6NO4. The molecule has 0 amide bonds. The van der Waals surface area contributed by atoms with Crippen molar-refractivity contribution in [3.8, 4) is 5.88 Å². The number of aromatic carboxylic acids is 1. The monoisotopic (exact) mass is 291 g/mol. The maximum atomic E-state index is 12.4. The molecule has 0 atom stereocenters.